The maximum Gasteiger partial charge on any atom is 0.264 e. The molecule has 3 aromatic rings. The van der Waals surface area contributed by atoms with Gasteiger partial charge in [0, 0.05) is 12.0 Å². The number of nitrogens with zero attached hydrogens (tertiary/aromatic N) is 1. The molecule has 1 heterocycles. The van der Waals surface area contributed by atoms with Crippen molar-refractivity contribution in [3.8, 4) is 0 Å². The lowest BCUT2D eigenvalue weighted by atomic mass is 9.89. The highest BCUT2D eigenvalue weighted by atomic mass is 32.2. The van der Waals surface area contributed by atoms with Gasteiger partial charge in [0.25, 0.3) is 10.0 Å². The molecule has 0 saturated heterocycles. The van der Waals surface area contributed by atoms with Crippen molar-refractivity contribution in [2.45, 2.75) is 23.8 Å². The molecule has 0 aromatic heterocycles. The average molecular weight is 432 g/mol. The van der Waals surface area contributed by atoms with Gasteiger partial charge in [0.2, 0.25) is 0 Å². The fraction of sp³-hybridized carbons (Fsp3) is 0.154. The van der Waals surface area contributed by atoms with E-state index in [1.807, 2.05) is 79.7 Å². The predicted octanol–water partition coefficient (Wildman–Crippen LogP) is 5.49. The number of hydrogen-bond acceptors (Lipinski definition) is 3. The second-order valence-electron chi connectivity index (χ2n) is 7.68. The molecule has 4 rings (SSSR count). The normalized spacial score (nSPS) is 18.7. The fourth-order valence-corrected chi connectivity index (χ4v) is 5.15. The molecule has 158 valence electrons. The minimum atomic E-state index is -3.77. The Morgan fingerprint density at radius 1 is 0.968 bits per heavy atom. The lowest BCUT2D eigenvalue weighted by Gasteiger charge is -2.42. The second-order valence-corrected chi connectivity index (χ2v) is 9.57. The Balaban J connectivity index is 1.87. The molecule has 5 heteroatoms. The predicted molar refractivity (Wildman–Crippen MR) is 124 cm³/mol. The summed E-state index contributed by atoms with van der Waals surface area (Å²) in [5, 5.41) is 0. The summed E-state index contributed by atoms with van der Waals surface area (Å²) in [6.07, 6.45) is 3.83. The Morgan fingerprint density at radius 3 is 2.19 bits per heavy atom. The van der Waals surface area contributed by atoms with Crippen LogP contribution >= 0.6 is 0 Å². The number of aryl methyl sites for hydroxylation is 1. The van der Waals surface area contributed by atoms with Gasteiger partial charge in [-0.1, -0.05) is 84.4 Å². The van der Waals surface area contributed by atoms with Gasteiger partial charge in [0.1, 0.15) is 5.76 Å². The van der Waals surface area contributed by atoms with Crippen molar-refractivity contribution in [3.05, 3.63) is 120 Å². The van der Waals surface area contributed by atoms with Crippen molar-refractivity contribution in [1.82, 2.24) is 4.31 Å². The van der Waals surface area contributed by atoms with E-state index in [4.69, 9.17) is 4.74 Å². The smallest absolute Gasteiger partial charge is 0.264 e. The van der Waals surface area contributed by atoms with Gasteiger partial charge in [-0.2, -0.15) is 0 Å². The fourth-order valence-electron chi connectivity index (χ4n) is 3.78. The summed E-state index contributed by atoms with van der Waals surface area (Å²) < 4.78 is 35.2. The zero-order valence-electron chi connectivity index (χ0n) is 17.4. The second kappa shape index (κ2) is 8.44. The molecule has 31 heavy (non-hydrogen) atoms. The Labute approximate surface area is 184 Å². The summed E-state index contributed by atoms with van der Waals surface area (Å²) in [6, 6.07) is 26.2. The lowest BCUT2D eigenvalue weighted by Crippen LogP contribution is -2.46. The molecule has 1 aliphatic heterocycles. The van der Waals surface area contributed by atoms with Crippen LogP contribution in [0.4, 0.5) is 0 Å². The van der Waals surface area contributed by atoms with Crippen LogP contribution < -0.4 is 0 Å². The van der Waals surface area contributed by atoms with Gasteiger partial charge in [-0.15, -0.1) is 6.58 Å². The third-order valence-electron chi connectivity index (χ3n) is 5.44. The largest absolute Gasteiger partial charge is 0.478 e. The quantitative estimate of drug-likeness (QED) is 0.485. The van der Waals surface area contributed by atoms with Crippen molar-refractivity contribution < 1.29 is 13.2 Å². The highest BCUT2D eigenvalue weighted by Crippen LogP contribution is 2.41. The number of hydrogen-bond donors (Lipinski definition) is 0. The van der Waals surface area contributed by atoms with E-state index in [0.29, 0.717) is 12.2 Å². The molecule has 0 amide bonds. The monoisotopic (exact) mass is 431 g/mol. The van der Waals surface area contributed by atoms with Crippen LogP contribution in [-0.2, 0) is 20.4 Å². The van der Waals surface area contributed by atoms with E-state index >= 15 is 0 Å². The topological polar surface area (TPSA) is 46.6 Å². The van der Waals surface area contributed by atoms with E-state index in [-0.39, 0.29) is 11.4 Å². The first kappa shape index (κ1) is 20.9. The summed E-state index contributed by atoms with van der Waals surface area (Å²) in [5.41, 5.74) is 1.84. The first-order valence-corrected chi connectivity index (χ1v) is 11.6. The molecule has 0 N–H and O–H groups in total. The van der Waals surface area contributed by atoms with E-state index in [0.717, 1.165) is 16.7 Å². The Kier molecular flexibility index (Phi) is 5.70. The van der Waals surface area contributed by atoms with Crippen LogP contribution in [0.2, 0.25) is 0 Å². The van der Waals surface area contributed by atoms with Gasteiger partial charge in [0.15, 0.2) is 5.60 Å². The first-order chi connectivity index (χ1) is 14.9. The van der Waals surface area contributed by atoms with E-state index in [1.165, 1.54) is 4.31 Å². The third kappa shape index (κ3) is 4.14. The zero-order valence-corrected chi connectivity index (χ0v) is 18.3. The summed E-state index contributed by atoms with van der Waals surface area (Å²) >= 11 is 0. The van der Waals surface area contributed by atoms with Crippen molar-refractivity contribution in [2.75, 3.05) is 6.54 Å². The van der Waals surface area contributed by atoms with Gasteiger partial charge >= 0.3 is 0 Å². The average Bonchev–Trinajstić information content (AvgIpc) is 2.80. The van der Waals surface area contributed by atoms with E-state index in [1.54, 1.807) is 24.4 Å². The van der Waals surface area contributed by atoms with Crippen LogP contribution in [0.15, 0.2) is 109 Å². The SMILES string of the molecule is C=CCC1(c2ccccc2)CN(S(=O)(=O)c2ccc(C)cc2)C=C(c2ccccc2)O1. The highest BCUT2D eigenvalue weighted by molar-refractivity contribution is 7.89. The third-order valence-corrected chi connectivity index (χ3v) is 7.16. The standard InChI is InChI=1S/C26H25NO3S/c1-3-18-26(23-12-8-5-9-13-23)20-27(19-25(30-26)22-10-6-4-7-11-22)31(28,29)24-16-14-21(2)15-17-24/h3-17,19H,1,18,20H2,2H3. The number of rotatable bonds is 6. The molecule has 0 radical (unpaired) electrons. The number of sulfonamides is 1. The Bertz CT molecular complexity index is 1190. The van der Waals surface area contributed by atoms with Crippen molar-refractivity contribution in [2.24, 2.45) is 0 Å². The number of benzene rings is 3. The van der Waals surface area contributed by atoms with Gasteiger partial charge in [-0.05, 0) is 24.6 Å². The molecule has 0 bridgehead atoms. The van der Waals surface area contributed by atoms with Crippen LogP contribution in [0, 0.1) is 6.92 Å². The van der Waals surface area contributed by atoms with E-state index in [9.17, 15) is 8.42 Å². The van der Waals surface area contributed by atoms with Gasteiger partial charge in [-0.25, -0.2) is 8.42 Å². The minimum absolute atomic E-state index is 0.148. The Hall–Kier alpha value is -3.31. The molecule has 1 unspecified atom stereocenters. The minimum Gasteiger partial charge on any atom is -0.478 e. The van der Waals surface area contributed by atoms with Crippen LogP contribution in [0.1, 0.15) is 23.1 Å². The maximum absolute atomic E-state index is 13.6. The van der Waals surface area contributed by atoms with Crippen LogP contribution in [-0.4, -0.2) is 19.3 Å². The highest BCUT2D eigenvalue weighted by Gasteiger charge is 2.42. The molecule has 0 saturated carbocycles. The number of ether oxygens (including phenoxy) is 1. The van der Waals surface area contributed by atoms with Crippen LogP contribution in [0.3, 0.4) is 0 Å². The van der Waals surface area contributed by atoms with Gasteiger partial charge in [-0.3, -0.25) is 4.31 Å². The summed E-state index contributed by atoms with van der Waals surface area (Å²) in [6.45, 7) is 5.99. The Morgan fingerprint density at radius 2 is 1.58 bits per heavy atom. The molecule has 0 spiro atoms. The van der Waals surface area contributed by atoms with Crippen molar-refractivity contribution >= 4 is 15.8 Å². The van der Waals surface area contributed by atoms with Crippen LogP contribution in [0.25, 0.3) is 5.76 Å². The molecule has 1 aliphatic rings. The van der Waals surface area contributed by atoms with E-state index < -0.39 is 15.6 Å². The molecular weight excluding hydrogens is 406 g/mol. The summed E-state index contributed by atoms with van der Waals surface area (Å²) in [7, 11) is -3.77. The molecular formula is C26H25NO3S. The summed E-state index contributed by atoms with van der Waals surface area (Å²) in [4.78, 5) is 0.254. The molecule has 0 fully saturated rings. The molecule has 1 atom stereocenters. The van der Waals surface area contributed by atoms with Crippen molar-refractivity contribution in [1.29, 1.82) is 0 Å². The summed E-state index contributed by atoms with van der Waals surface area (Å²) in [5.74, 6) is 0.508. The van der Waals surface area contributed by atoms with Crippen LogP contribution in [0.5, 0.6) is 0 Å². The molecule has 3 aromatic carbocycles. The van der Waals surface area contributed by atoms with E-state index in [2.05, 4.69) is 6.58 Å². The van der Waals surface area contributed by atoms with Crippen molar-refractivity contribution in [3.63, 3.8) is 0 Å². The van der Waals surface area contributed by atoms with Gasteiger partial charge in [0.05, 0.1) is 17.6 Å². The first-order valence-electron chi connectivity index (χ1n) is 10.2. The zero-order chi connectivity index (χ0) is 21.9. The maximum atomic E-state index is 13.6. The lowest BCUT2D eigenvalue weighted by molar-refractivity contribution is 0.0124. The van der Waals surface area contributed by atoms with Gasteiger partial charge < -0.3 is 4.74 Å². The molecule has 0 aliphatic carbocycles. The molecule has 4 nitrogen and oxygen atoms in total.